The first-order valence-corrected chi connectivity index (χ1v) is 6.30. The molecule has 2 heterocycles. The molecular weight excluding hydrogens is 216 g/mol. The zero-order valence-electron chi connectivity index (χ0n) is 10.8. The summed E-state index contributed by atoms with van der Waals surface area (Å²) in [4.78, 5) is 2.21. The minimum Gasteiger partial charge on any atom is -0.394 e. The lowest BCUT2D eigenvalue weighted by molar-refractivity contribution is 0.244. The van der Waals surface area contributed by atoms with Crippen molar-refractivity contribution in [1.82, 2.24) is 9.78 Å². The van der Waals surface area contributed by atoms with Gasteiger partial charge in [0.2, 0.25) is 0 Å². The molecule has 1 aliphatic heterocycles. The summed E-state index contributed by atoms with van der Waals surface area (Å²) < 4.78 is 1.94. The number of aryl methyl sites for hydroxylation is 2. The number of hydrogen-bond acceptors (Lipinski definition) is 4. The number of aliphatic hydroxyl groups is 1. The van der Waals surface area contributed by atoms with Gasteiger partial charge in [-0.3, -0.25) is 0 Å². The number of anilines is 2. The number of nitrogens with two attached hydrogens (primary N) is 1. The van der Waals surface area contributed by atoms with Crippen molar-refractivity contribution in [2.75, 3.05) is 23.8 Å². The van der Waals surface area contributed by atoms with Gasteiger partial charge in [0.25, 0.3) is 0 Å². The molecule has 2 rings (SSSR count). The van der Waals surface area contributed by atoms with Crippen LogP contribution in [0.1, 0.15) is 26.0 Å². The first-order valence-electron chi connectivity index (χ1n) is 6.30. The van der Waals surface area contributed by atoms with Gasteiger partial charge in [-0.05, 0) is 26.2 Å². The fourth-order valence-corrected chi connectivity index (χ4v) is 2.66. The highest BCUT2D eigenvalue weighted by Crippen LogP contribution is 2.34. The van der Waals surface area contributed by atoms with Gasteiger partial charge in [-0.25, -0.2) is 4.68 Å². The maximum Gasteiger partial charge on any atom is 0.150 e. The van der Waals surface area contributed by atoms with Crippen LogP contribution in [0, 0.1) is 12.8 Å². The standard InChI is InChI=1S/C12H22N4O/c1-4-16-12(11(13)9(3)14-16)15-6-5-8(2)10(15)7-17/h8,10,17H,4-7,13H2,1-3H3. The monoisotopic (exact) mass is 238 g/mol. The van der Waals surface area contributed by atoms with Crippen LogP contribution in [0.4, 0.5) is 11.5 Å². The summed E-state index contributed by atoms with van der Waals surface area (Å²) in [6.07, 6.45) is 1.10. The van der Waals surface area contributed by atoms with Gasteiger partial charge < -0.3 is 15.7 Å². The molecule has 0 spiro atoms. The fourth-order valence-electron chi connectivity index (χ4n) is 2.66. The Labute approximate surface area is 102 Å². The second kappa shape index (κ2) is 4.56. The lowest BCUT2D eigenvalue weighted by Crippen LogP contribution is -2.37. The van der Waals surface area contributed by atoms with Gasteiger partial charge in [0, 0.05) is 13.1 Å². The van der Waals surface area contributed by atoms with E-state index in [1.165, 1.54) is 0 Å². The first-order chi connectivity index (χ1) is 8.10. The molecule has 0 aromatic carbocycles. The minimum atomic E-state index is 0.165. The average Bonchev–Trinajstić information content (AvgIpc) is 2.81. The lowest BCUT2D eigenvalue weighted by Gasteiger charge is -2.28. The smallest absolute Gasteiger partial charge is 0.150 e. The van der Waals surface area contributed by atoms with E-state index in [0.29, 0.717) is 5.92 Å². The SMILES string of the molecule is CCn1nc(C)c(N)c1N1CCC(C)C1CO. The number of nitrogens with zero attached hydrogens (tertiary/aromatic N) is 3. The summed E-state index contributed by atoms with van der Waals surface area (Å²) in [6, 6.07) is 0.165. The summed E-state index contributed by atoms with van der Waals surface area (Å²) >= 11 is 0. The molecule has 2 unspecified atom stereocenters. The molecule has 17 heavy (non-hydrogen) atoms. The normalized spacial score (nSPS) is 24.6. The number of rotatable bonds is 3. The summed E-state index contributed by atoms with van der Waals surface area (Å²) in [5.74, 6) is 1.48. The summed E-state index contributed by atoms with van der Waals surface area (Å²) in [5.41, 5.74) is 7.74. The van der Waals surface area contributed by atoms with Crippen molar-refractivity contribution in [3.63, 3.8) is 0 Å². The zero-order chi connectivity index (χ0) is 12.6. The summed E-state index contributed by atoms with van der Waals surface area (Å²) in [6.45, 7) is 8.09. The number of aliphatic hydroxyl groups excluding tert-OH is 1. The molecule has 1 aromatic heterocycles. The van der Waals surface area contributed by atoms with Crippen molar-refractivity contribution in [2.24, 2.45) is 5.92 Å². The molecule has 1 aromatic rings. The third kappa shape index (κ3) is 1.88. The third-order valence-electron chi connectivity index (χ3n) is 3.79. The Morgan fingerprint density at radius 1 is 1.53 bits per heavy atom. The molecule has 1 aliphatic rings. The van der Waals surface area contributed by atoms with Crippen molar-refractivity contribution in [2.45, 2.75) is 39.8 Å². The number of nitrogen functional groups attached to an aromatic ring is 1. The highest BCUT2D eigenvalue weighted by molar-refractivity contribution is 5.67. The van der Waals surface area contributed by atoms with E-state index in [-0.39, 0.29) is 12.6 Å². The third-order valence-corrected chi connectivity index (χ3v) is 3.79. The Balaban J connectivity index is 2.39. The Morgan fingerprint density at radius 3 is 2.82 bits per heavy atom. The first kappa shape index (κ1) is 12.2. The van der Waals surface area contributed by atoms with Crippen molar-refractivity contribution in [3.05, 3.63) is 5.69 Å². The van der Waals surface area contributed by atoms with E-state index in [2.05, 4.69) is 23.8 Å². The predicted molar refractivity (Wildman–Crippen MR) is 69.1 cm³/mol. The van der Waals surface area contributed by atoms with Gasteiger partial charge in [0.1, 0.15) is 0 Å². The summed E-state index contributed by atoms with van der Waals surface area (Å²) in [5, 5.41) is 14.0. The summed E-state index contributed by atoms with van der Waals surface area (Å²) in [7, 11) is 0. The molecule has 0 saturated carbocycles. The van der Waals surface area contributed by atoms with Crippen molar-refractivity contribution in [1.29, 1.82) is 0 Å². The second-order valence-electron chi connectivity index (χ2n) is 4.85. The van der Waals surface area contributed by atoms with Crippen molar-refractivity contribution >= 4 is 11.5 Å². The number of hydrogen-bond donors (Lipinski definition) is 2. The van der Waals surface area contributed by atoms with Gasteiger partial charge in [0.05, 0.1) is 24.0 Å². The Kier molecular flexibility index (Phi) is 3.28. The maximum atomic E-state index is 9.52. The van der Waals surface area contributed by atoms with Crippen molar-refractivity contribution in [3.8, 4) is 0 Å². The molecule has 5 nitrogen and oxygen atoms in total. The molecule has 0 amide bonds. The molecule has 96 valence electrons. The van der Waals surface area contributed by atoms with E-state index >= 15 is 0 Å². The van der Waals surface area contributed by atoms with Gasteiger partial charge in [0.15, 0.2) is 5.82 Å². The van der Waals surface area contributed by atoms with Crippen LogP contribution in [0.25, 0.3) is 0 Å². The Hall–Kier alpha value is -1.23. The van der Waals surface area contributed by atoms with Crippen LogP contribution in [0.2, 0.25) is 0 Å². The molecular formula is C12H22N4O. The van der Waals surface area contributed by atoms with E-state index < -0.39 is 0 Å². The maximum absolute atomic E-state index is 9.52. The van der Waals surface area contributed by atoms with Gasteiger partial charge in [-0.15, -0.1) is 0 Å². The van der Waals surface area contributed by atoms with Gasteiger partial charge >= 0.3 is 0 Å². The zero-order valence-corrected chi connectivity index (χ0v) is 10.8. The molecule has 1 fully saturated rings. The van der Waals surface area contributed by atoms with Crippen LogP contribution in [-0.2, 0) is 6.54 Å². The quantitative estimate of drug-likeness (QED) is 0.824. The van der Waals surface area contributed by atoms with Crippen LogP contribution in [0.3, 0.4) is 0 Å². The topological polar surface area (TPSA) is 67.3 Å². The van der Waals surface area contributed by atoms with Crippen LogP contribution in [0.15, 0.2) is 0 Å². The molecule has 0 radical (unpaired) electrons. The van der Waals surface area contributed by atoms with Crippen LogP contribution >= 0.6 is 0 Å². The van der Waals surface area contributed by atoms with E-state index in [0.717, 1.165) is 36.7 Å². The van der Waals surface area contributed by atoms with E-state index in [1.807, 2.05) is 11.6 Å². The Morgan fingerprint density at radius 2 is 2.24 bits per heavy atom. The highest BCUT2D eigenvalue weighted by atomic mass is 16.3. The Bertz CT molecular complexity index is 401. The predicted octanol–water partition coefficient (Wildman–Crippen LogP) is 1.00. The largest absolute Gasteiger partial charge is 0.394 e. The fraction of sp³-hybridized carbons (Fsp3) is 0.750. The lowest BCUT2D eigenvalue weighted by atomic mass is 10.0. The van der Waals surface area contributed by atoms with E-state index in [1.54, 1.807) is 0 Å². The average molecular weight is 238 g/mol. The van der Waals surface area contributed by atoms with Crippen molar-refractivity contribution < 1.29 is 5.11 Å². The second-order valence-corrected chi connectivity index (χ2v) is 4.85. The van der Waals surface area contributed by atoms with Crippen LogP contribution in [0.5, 0.6) is 0 Å². The minimum absolute atomic E-state index is 0.165. The van der Waals surface area contributed by atoms with E-state index in [4.69, 9.17) is 5.73 Å². The van der Waals surface area contributed by atoms with E-state index in [9.17, 15) is 5.11 Å². The van der Waals surface area contributed by atoms with Gasteiger partial charge in [-0.1, -0.05) is 6.92 Å². The molecule has 0 bridgehead atoms. The van der Waals surface area contributed by atoms with Gasteiger partial charge in [-0.2, -0.15) is 5.10 Å². The number of aromatic nitrogens is 2. The van der Waals surface area contributed by atoms with Crippen LogP contribution < -0.4 is 10.6 Å². The molecule has 0 aliphatic carbocycles. The van der Waals surface area contributed by atoms with Crippen LogP contribution in [-0.4, -0.2) is 34.1 Å². The molecule has 1 saturated heterocycles. The molecule has 3 N–H and O–H groups in total. The molecule has 2 atom stereocenters. The highest BCUT2D eigenvalue weighted by Gasteiger charge is 2.34. The molecule has 5 heteroatoms.